The molecule has 6 heteroatoms. The standard InChI is InChI=1S/C32H27NO5/c1-18(34)19-4-10-22(11-5-19)33-31(35)29-25-16-17-26(30(29)32(33)36)28(25)27(20-6-12-23(37-2)13-7-20)21-8-14-24(38-3)15-9-21/h4-17,25-26,29-30H,1-3H3/t25-,26-,29-,30+/m1/s1. The Balaban J connectivity index is 1.44. The zero-order valence-electron chi connectivity index (χ0n) is 21.4. The summed E-state index contributed by atoms with van der Waals surface area (Å²) in [5, 5.41) is 0. The number of hydrogen-bond acceptors (Lipinski definition) is 5. The average molecular weight is 506 g/mol. The lowest BCUT2D eigenvalue weighted by molar-refractivity contribution is -0.122. The molecule has 190 valence electrons. The van der Waals surface area contributed by atoms with Crippen molar-refractivity contribution < 1.29 is 23.9 Å². The van der Waals surface area contributed by atoms with E-state index in [4.69, 9.17) is 9.47 Å². The van der Waals surface area contributed by atoms with E-state index in [2.05, 4.69) is 12.2 Å². The molecule has 2 fully saturated rings. The molecule has 2 aliphatic carbocycles. The van der Waals surface area contributed by atoms with Crippen LogP contribution in [0.5, 0.6) is 11.5 Å². The molecule has 1 heterocycles. The SMILES string of the molecule is COc1ccc(C(=C2[C@H]3C=C[C@H]2[C@H]2C(=O)N(c4ccc(C(C)=O)cc4)C(=O)[C@H]23)c2ccc(OC)cc2)cc1. The number of carbonyl (C=O) groups is 3. The highest BCUT2D eigenvalue weighted by Gasteiger charge is 2.62. The fourth-order valence-electron chi connectivity index (χ4n) is 6.21. The molecule has 0 unspecified atom stereocenters. The first kappa shape index (κ1) is 23.9. The van der Waals surface area contributed by atoms with Gasteiger partial charge in [-0.2, -0.15) is 0 Å². The molecule has 3 aromatic carbocycles. The van der Waals surface area contributed by atoms with Gasteiger partial charge in [-0.25, -0.2) is 4.90 Å². The minimum Gasteiger partial charge on any atom is -0.497 e. The molecule has 0 aromatic heterocycles. The van der Waals surface area contributed by atoms with Gasteiger partial charge in [-0.05, 0) is 77.7 Å². The zero-order chi connectivity index (χ0) is 26.6. The first-order chi connectivity index (χ1) is 18.4. The number of ether oxygens (including phenoxy) is 2. The highest BCUT2D eigenvalue weighted by molar-refractivity contribution is 6.23. The third kappa shape index (κ3) is 3.59. The number of allylic oxidation sites excluding steroid dienone is 3. The summed E-state index contributed by atoms with van der Waals surface area (Å²) in [5.41, 5.74) is 5.19. The normalized spacial score (nSPS) is 23.1. The summed E-state index contributed by atoms with van der Waals surface area (Å²) in [5.74, 6) is -0.179. The van der Waals surface area contributed by atoms with Crippen LogP contribution in [-0.4, -0.2) is 31.8 Å². The third-order valence-electron chi connectivity index (χ3n) is 7.99. The van der Waals surface area contributed by atoms with Gasteiger partial charge < -0.3 is 9.47 Å². The van der Waals surface area contributed by atoms with Gasteiger partial charge in [-0.1, -0.05) is 36.4 Å². The van der Waals surface area contributed by atoms with Gasteiger partial charge >= 0.3 is 0 Å². The van der Waals surface area contributed by atoms with Crippen molar-refractivity contribution in [2.75, 3.05) is 19.1 Å². The Morgan fingerprint density at radius 2 is 1.08 bits per heavy atom. The molecule has 6 nitrogen and oxygen atoms in total. The predicted octanol–water partition coefficient (Wildman–Crippen LogP) is 5.33. The maximum absolute atomic E-state index is 13.8. The smallest absolute Gasteiger partial charge is 0.238 e. The molecule has 0 spiro atoms. The number of benzene rings is 3. The van der Waals surface area contributed by atoms with E-state index in [0.29, 0.717) is 11.3 Å². The van der Waals surface area contributed by atoms with Gasteiger partial charge in [0.2, 0.25) is 11.8 Å². The van der Waals surface area contributed by atoms with E-state index in [9.17, 15) is 14.4 Å². The minimum absolute atomic E-state index is 0.0610. The van der Waals surface area contributed by atoms with E-state index >= 15 is 0 Å². The summed E-state index contributed by atoms with van der Waals surface area (Å²) in [6.07, 6.45) is 4.17. The number of nitrogens with zero attached hydrogens (tertiary/aromatic N) is 1. The lowest BCUT2D eigenvalue weighted by Crippen LogP contribution is -2.33. The topological polar surface area (TPSA) is 72.9 Å². The van der Waals surface area contributed by atoms with E-state index in [1.807, 2.05) is 48.5 Å². The molecular formula is C32H27NO5. The van der Waals surface area contributed by atoms with Crippen LogP contribution in [0.1, 0.15) is 28.4 Å². The van der Waals surface area contributed by atoms with E-state index in [1.54, 1.807) is 38.5 Å². The Morgan fingerprint density at radius 3 is 1.47 bits per heavy atom. The van der Waals surface area contributed by atoms with Crippen LogP contribution in [0.4, 0.5) is 5.69 Å². The lowest BCUT2D eigenvalue weighted by atomic mass is 9.85. The molecule has 3 aromatic rings. The van der Waals surface area contributed by atoms with Gasteiger partial charge in [0.05, 0.1) is 31.7 Å². The van der Waals surface area contributed by atoms with Crippen LogP contribution in [-0.2, 0) is 9.59 Å². The number of hydrogen-bond donors (Lipinski definition) is 0. The lowest BCUT2D eigenvalue weighted by Gasteiger charge is -2.22. The largest absolute Gasteiger partial charge is 0.497 e. The van der Waals surface area contributed by atoms with Gasteiger partial charge in [0.15, 0.2) is 5.78 Å². The number of fused-ring (bicyclic) bond motifs is 5. The fourth-order valence-corrected chi connectivity index (χ4v) is 6.21. The maximum Gasteiger partial charge on any atom is 0.238 e. The fraction of sp³-hybridized carbons (Fsp3) is 0.219. The quantitative estimate of drug-likeness (QED) is 0.257. The number of methoxy groups -OCH3 is 2. The Labute approximate surface area is 221 Å². The highest BCUT2D eigenvalue weighted by Crippen LogP contribution is 2.59. The van der Waals surface area contributed by atoms with Crippen LogP contribution in [0.3, 0.4) is 0 Å². The van der Waals surface area contributed by atoms with E-state index < -0.39 is 11.8 Å². The van der Waals surface area contributed by atoms with Crippen LogP contribution in [0, 0.1) is 23.7 Å². The molecule has 0 radical (unpaired) electrons. The van der Waals surface area contributed by atoms with Crippen LogP contribution >= 0.6 is 0 Å². The number of amides is 2. The summed E-state index contributed by atoms with van der Waals surface area (Å²) >= 11 is 0. The second kappa shape index (κ2) is 9.14. The molecule has 3 aliphatic rings. The molecule has 4 atom stereocenters. The minimum atomic E-state index is -0.452. The van der Waals surface area contributed by atoms with Crippen molar-refractivity contribution in [3.05, 3.63) is 107 Å². The van der Waals surface area contributed by atoms with Gasteiger partial charge in [0.1, 0.15) is 11.5 Å². The molecule has 1 saturated carbocycles. The summed E-state index contributed by atoms with van der Waals surface area (Å²) in [4.78, 5) is 40.5. The monoisotopic (exact) mass is 505 g/mol. The number of imide groups is 1. The summed E-state index contributed by atoms with van der Waals surface area (Å²) < 4.78 is 10.7. The van der Waals surface area contributed by atoms with Crippen molar-refractivity contribution in [1.29, 1.82) is 0 Å². The Bertz CT molecular complexity index is 1420. The number of Topliss-reactive ketones (excluding diaryl/α,β-unsaturated/α-hetero) is 1. The third-order valence-corrected chi connectivity index (χ3v) is 7.99. The second-order valence-electron chi connectivity index (χ2n) is 9.89. The van der Waals surface area contributed by atoms with Gasteiger partial charge in [0.25, 0.3) is 0 Å². The van der Waals surface area contributed by atoms with Crippen molar-refractivity contribution >= 4 is 28.9 Å². The molecule has 0 N–H and O–H groups in total. The molecule has 1 saturated heterocycles. The number of rotatable bonds is 6. The molecule has 2 amide bonds. The van der Waals surface area contributed by atoms with Crippen molar-refractivity contribution in [1.82, 2.24) is 0 Å². The molecule has 38 heavy (non-hydrogen) atoms. The zero-order valence-corrected chi connectivity index (χ0v) is 21.4. The second-order valence-corrected chi connectivity index (χ2v) is 9.89. The van der Waals surface area contributed by atoms with Crippen LogP contribution in [0.2, 0.25) is 0 Å². The molecular weight excluding hydrogens is 478 g/mol. The summed E-state index contributed by atoms with van der Waals surface area (Å²) in [7, 11) is 3.27. The van der Waals surface area contributed by atoms with Crippen LogP contribution in [0.25, 0.3) is 5.57 Å². The van der Waals surface area contributed by atoms with Crippen molar-refractivity contribution in [2.45, 2.75) is 6.92 Å². The Kier molecular flexibility index (Phi) is 5.75. The first-order valence-electron chi connectivity index (χ1n) is 12.6. The number of carbonyl (C=O) groups excluding carboxylic acids is 3. The van der Waals surface area contributed by atoms with Crippen molar-refractivity contribution in [2.24, 2.45) is 23.7 Å². The van der Waals surface area contributed by atoms with E-state index in [1.165, 1.54) is 11.8 Å². The first-order valence-corrected chi connectivity index (χ1v) is 12.6. The average Bonchev–Trinajstić information content (AvgIpc) is 3.58. The van der Waals surface area contributed by atoms with Crippen molar-refractivity contribution in [3.8, 4) is 11.5 Å². The van der Waals surface area contributed by atoms with Crippen molar-refractivity contribution in [3.63, 3.8) is 0 Å². The molecule has 1 aliphatic heterocycles. The predicted molar refractivity (Wildman–Crippen MR) is 144 cm³/mol. The summed E-state index contributed by atoms with van der Waals surface area (Å²) in [6.45, 7) is 1.49. The Morgan fingerprint density at radius 1 is 0.658 bits per heavy atom. The van der Waals surface area contributed by atoms with Crippen LogP contribution in [0.15, 0.2) is 90.5 Å². The Hall–Kier alpha value is -4.45. The molecule has 2 bridgehead atoms. The van der Waals surface area contributed by atoms with Crippen LogP contribution < -0.4 is 14.4 Å². The number of ketones is 1. The van der Waals surface area contributed by atoms with E-state index in [-0.39, 0.29) is 29.4 Å². The van der Waals surface area contributed by atoms with Gasteiger partial charge in [0, 0.05) is 17.4 Å². The maximum atomic E-state index is 13.8. The highest BCUT2D eigenvalue weighted by atomic mass is 16.5. The summed E-state index contributed by atoms with van der Waals surface area (Å²) in [6, 6.07) is 22.5. The van der Waals surface area contributed by atoms with Gasteiger partial charge in [-0.3, -0.25) is 14.4 Å². The van der Waals surface area contributed by atoms with Gasteiger partial charge in [-0.15, -0.1) is 0 Å². The van der Waals surface area contributed by atoms with E-state index in [0.717, 1.165) is 33.8 Å². The molecule has 6 rings (SSSR count). The number of anilines is 1.